The van der Waals surface area contributed by atoms with E-state index in [2.05, 4.69) is 0 Å². The summed E-state index contributed by atoms with van der Waals surface area (Å²) in [6, 6.07) is 0. The summed E-state index contributed by atoms with van der Waals surface area (Å²) in [4.78, 5) is 0. The Morgan fingerprint density at radius 3 is 0.500 bits per heavy atom. The second-order valence-electron chi connectivity index (χ2n) is 0. The van der Waals surface area contributed by atoms with Gasteiger partial charge in [-0.15, -0.1) is 0 Å². The van der Waals surface area contributed by atoms with Crippen LogP contribution in [0.5, 0.6) is 0 Å². The van der Waals surface area contributed by atoms with Crippen LogP contribution < -0.4 is 4.70 Å². The predicted molar refractivity (Wildman–Crippen MR) is 10.8 cm³/mol. The van der Waals surface area contributed by atoms with Crippen molar-refractivity contribution in [2.75, 3.05) is 0 Å². The molecule has 0 amide bonds. The van der Waals surface area contributed by atoms with Gasteiger partial charge in [0, 0.05) is 0 Å². The van der Waals surface area contributed by atoms with Crippen LogP contribution in [0.3, 0.4) is 0 Å². The van der Waals surface area contributed by atoms with Crippen LogP contribution >= 0.6 is 0 Å². The highest BCUT2D eigenvalue weighted by Gasteiger charge is -0.410. The van der Waals surface area contributed by atoms with Crippen molar-refractivity contribution < 1.29 is 21.1 Å². The van der Waals surface area contributed by atoms with Crippen LogP contribution in [0.1, 0.15) is 0 Å². The normalized spacial score (nSPS) is 0. The van der Waals surface area contributed by atoms with Gasteiger partial charge < -0.3 is 21.1 Å². The van der Waals surface area contributed by atoms with Crippen molar-refractivity contribution >= 4 is 0 Å². The highest BCUT2D eigenvalue weighted by molar-refractivity contribution is 0.826. The summed E-state index contributed by atoms with van der Waals surface area (Å²) in [5.41, 5.74) is 0. The first-order valence-corrected chi connectivity index (χ1v) is 0. The number of hydrogen-bond acceptors (Lipinski definition) is 0. The molecule has 6 N–H and O–H groups in total. The molecule has 0 aliphatic rings. The van der Waals surface area contributed by atoms with Crippen LogP contribution in [0.15, 0.2) is 0 Å². The molecule has 0 aromatic carbocycles. The van der Waals surface area contributed by atoms with Crippen LogP contribution in [0.2, 0.25) is 0 Å². The Bertz CT molecular complexity index is 3.25. The molecule has 0 aromatic heterocycles. The number of rotatable bonds is 0. The second kappa shape index (κ2) is 255. The van der Waals surface area contributed by atoms with Gasteiger partial charge in [0.15, 0.2) is 0 Å². The van der Waals surface area contributed by atoms with Crippen molar-refractivity contribution in [3.8, 4) is 0 Å². The maximum atomic E-state index is 0. The average molecular weight is 73.0 g/mol. The lowest BCUT2D eigenvalue weighted by Gasteiger charge is -1.00. The lowest BCUT2D eigenvalue weighted by molar-refractivity contribution is -0.00000363. The van der Waals surface area contributed by atoms with Crippen molar-refractivity contribution in [3.63, 3.8) is 0 Å². The van der Waals surface area contributed by atoms with E-state index in [4.69, 9.17) is 0 Å². The lowest BCUT2D eigenvalue weighted by atomic mass is 16.0. The fraction of sp³-hybridized carbons (Fsp3) is 0. The van der Waals surface area contributed by atoms with Gasteiger partial charge in [-0.25, -0.2) is 0 Å². The number of hydrogen-bond donors (Lipinski definition) is 0. The molecule has 0 aliphatic heterocycles. The van der Waals surface area contributed by atoms with Gasteiger partial charge in [0.2, 0.25) is 0 Å². The van der Waals surface area contributed by atoms with E-state index in [0.717, 1.165) is 0 Å². The van der Waals surface area contributed by atoms with Gasteiger partial charge in [0.25, 0.3) is 0 Å². The number of halogens is 1. The van der Waals surface area contributed by atoms with Gasteiger partial charge in [-0.1, -0.05) is 0 Å². The Kier molecular flexibility index (Phi) is 53100. The van der Waals surface area contributed by atoms with Gasteiger partial charge in [-0.05, 0) is 0 Å². The molecule has 0 bridgehead atoms. The smallest absolute Gasteiger partial charge is 0.412 e. The summed E-state index contributed by atoms with van der Waals surface area (Å²) in [5.74, 6) is 0. The summed E-state index contributed by atoms with van der Waals surface area (Å²) in [7, 11) is 0. The van der Waals surface area contributed by atoms with Crippen molar-refractivity contribution in [3.05, 3.63) is 0 Å². The fourth-order valence-corrected chi connectivity index (χ4v) is 0. The van der Waals surface area contributed by atoms with Gasteiger partial charge in [0.1, 0.15) is 0 Å². The molecule has 0 spiro atoms. The molecule has 0 saturated carbocycles. The molecule has 0 fully saturated rings. The largest absolute Gasteiger partial charge is 1.00 e. The fourth-order valence-electron chi connectivity index (χ4n) is 0. The van der Waals surface area contributed by atoms with E-state index in [-0.39, 0.29) is 21.1 Å². The molecule has 0 unspecified atom stereocenters. The first-order valence-electron chi connectivity index (χ1n) is 0. The van der Waals surface area contributed by atoms with Gasteiger partial charge in [0.05, 0.1) is 0 Å². The summed E-state index contributed by atoms with van der Waals surface area (Å²) in [5, 5.41) is 0. The minimum absolute atomic E-state index is 0. The Labute approximate surface area is 22.5 Å². The lowest BCUT2D eigenvalue weighted by Crippen LogP contribution is -3.00. The molecule has 4 heteroatoms. The molecule has 32 valence electrons. The van der Waals surface area contributed by atoms with E-state index >= 15 is 0 Å². The van der Waals surface area contributed by atoms with Crippen molar-refractivity contribution in [2.45, 2.75) is 0 Å². The highest BCUT2D eigenvalue weighted by Crippen LogP contribution is -0.287. The predicted octanol–water partition coefficient (Wildman–Crippen LogP) is -5.47. The first kappa shape index (κ1) is 833. The maximum absolute atomic E-state index is 0. The Hall–Kier alpha value is -0.190. The summed E-state index contributed by atoms with van der Waals surface area (Å²) in [6.45, 7) is 0. The van der Waals surface area contributed by atoms with Gasteiger partial charge >= 0.3 is 0 Å². The molecule has 0 saturated heterocycles. The molecule has 0 rings (SSSR count). The van der Waals surface area contributed by atoms with E-state index in [1.165, 1.54) is 0 Å². The second-order valence-corrected chi connectivity index (χ2v) is 0. The summed E-state index contributed by atoms with van der Waals surface area (Å²) >= 11 is 0. The molecule has 0 atom stereocenters. The minimum Gasteiger partial charge on any atom is -1.00 e. The zero-order chi connectivity index (χ0) is 0. The third-order valence-corrected chi connectivity index (χ3v) is 0. The quantitative estimate of drug-likeness (QED) is 0.273. The topological polar surface area (TPSA) is 94.5 Å². The van der Waals surface area contributed by atoms with Crippen molar-refractivity contribution in [1.82, 2.24) is 0 Å². The standard InChI is InChI=1S/FH.3H2O/h1H;3*1H2/p-1. The SMILES string of the molecule is O.O.O.[F-]. The van der Waals surface area contributed by atoms with Crippen molar-refractivity contribution in [1.29, 1.82) is 0 Å². The summed E-state index contributed by atoms with van der Waals surface area (Å²) in [6.07, 6.45) is 0. The highest BCUT2D eigenvalue weighted by atomic mass is 19.0. The maximum Gasteiger partial charge on any atom is -0.412 e. The first-order chi connectivity index (χ1) is 0. The minimum atomic E-state index is 0. The molecule has 0 heterocycles. The Morgan fingerprint density at radius 2 is 0.500 bits per heavy atom. The molecule has 0 aromatic rings. The van der Waals surface area contributed by atoms with Crippen LogP contribution in [0.4, 0.5) is 0 Å². The monoisotopic (exact) mass is 73.0 g/mol. The van der Waals surface area contributed by atoms with E-state index in [9.17, 15) is 0 Å². The van der Waals surface area contributed by atoms with E-state index < -0.39 is 0 Å². The molecular formula is H6FO3-. The molecule has 3 nitrogen and oxygen atoms in total. The van der Waals surface area contributed by atoms with E-state index in [1.54, 1.807) is 0 Å². The summed E-state index contributed by atoms with van der Waals surface area (Å²) < 4.78 is 0. The third kappa shape index (κ3) is 32.9. The zero-order valence-corrected chi connectivity index (χ0v) is 1.88. The van der Waals surface area contributed by atoms with Crippen LogP contribution in [0, 0.1) is 0 Å². The Balaban J connectivity index is 0. The molecule has 4 heavy (non-hydrogen) atoms. The zero-order valence-electron chi connectivity index (χ0n) is 1.88. The van der Waals surface area contributed by atoms with E-state index in [0.29, 0.717) is 0 Å². The van der Waals surface area contributed by atoms with Crippen molar-refractivity contribution in [2.24, 2.45) is 0 Å². The van der Waals surface area contributed by atoms with Gasteiger partial charge in [-0.3, -0.25) is 0 Å². The van der Waals surface area contributed by atoms with Crippen LogP contribution in [-0.4, -0.2) is 16.4 Å². The van der Waals surface area contributed by atoms with E-state index in [1.807, 2.05) is 0 Å². The average Bonchev–Trinajstić information content (AvgIpc) is 0. The molecule has 0 aliphatic carbocycles. The van der Waals surface area contributed by atoms with Crippen LogP contribution in [-0.2, 0) is 0 Å². The Morgan fingerprint density at radius 1 is 0.500 bits per heavy atom. The molecule has 0 radical (unpaired) electrons. The van der Waals surface area contributed by atoms with Crippen LogP contribution in [0.25, 0.3) is 0 Å². The molecular weight excluding hydrogens is 67.0 g/mol. The van der Waals surface area contributed by atoms with Gasteiger partial charge in [-0.2, -0.15) is 0 Å². The third-order valence-electron chi connectivity index (χ3n) is 0.